The average Bonchev–Trinajstić information content (AvgIpc) is 2.70. The first-order valence-electron chi connectivity index (χ1n) is 7.43. The first kappa shape index (κ1) is 14.8. The molecular formula is C18H19NO3. The van der Waals surface area contributed by atoms with Crippen molar-refractivity contribution in [2.24, 2.45) is 0 Å². The maximum atomic E-state index is 12.5. The van der Waals surface area contributed by atoms with E-state index in [-0.39, 0.29) is 5.91 Å². The molecule has 1 amide bonds. The van der Waals surface area contributed by atoms with Gasteiger partial charge in [-0.3, -0.25) is 4.79 Å². The average molecular weight is 297 g/mol. The molecular weight excluding hydrogens is 278 g/mol. The molecule has 1 N–H and O–H groups in total. The predicted molar refractivity (Wildman–Crippen MR) is 83.0 cm³/mol. The van der Waals surface area contributed by atoms with Gasteiger partial charge in [-0.2, -0.15) is 0 Å². The first-order chi connectivity index (χ1) is 10.8. The molecule has 4 heteroatoms. The van der Waals surface area contributed by atoms with Gasteiger partial charge < -0.3 is 14.7 Å². The van der Waals surface area contributed by atoms with Crippen LogP contribution >= 0.6 is 0 Å². The number of carbonyl (C=O) groups excluding carboxylic acids is 1. The Hall–Kier alpha value is -2.17. The van der Waals surface area contributed by atoms with Gasteiger partial charge in [0.15, 0.2) is 6.10 Å². The molecule has 2 aromatic rings. The highest BCUT2D eigenvalue weighted by Crippen LogP contribution is 2.25. The van der Waals surface area contributed by atoms with Crippen LogP contribution in [0.4, 0.5) is 0 Å². The SMILES string of the molecule is O=C1[C@H](O)[C@@H](c2ccccc2)OCCN1Cc1ccccc1. The van der Waals surface area contributed by atoms with Gasteiger partial charge in [-0.15, -0.1) is 0 Å². The number of hydrogen-bond donors (Lipinski definition) is 1. The lowest BCUT2D eigenvalue weighted by atomic mass is 10.0. The molecule has 0 aromatic heterocycles. The minimum atomic E-state index is -1.17. The second kappa shape index (κ2) is 6.73. The minimum absolute atomic E-state index is 0.282. The van der Waals surface area contributed by atoms with Gasteiger partial charge in [0.1, 0.15) is 6.10 Å². The van der Waals surface area contributed by atoms with Gasteiger partial charge in [0.25, 0.3) is 5.91 Å². The molecule has 1 fully saturated rings. The maximum absolute atomic E-state index is 12.5. The summed E-state index contributed by atoms with van der Waals surface area (Å²) >= 11 is 0. The van der Waals surface area contributed by atoms with Crippen LogP contribution in [0.3, 0.4) is 0 Å². The van der Waals surface area contributed by atoms with Crippen LogP contribution in [0.1, 0.15) is 17.2 Å². The van der Waals surface area contributed by atoms with Crippen molar-refractivity contribution in [2.45, 2.75) is 18.8 Å². The van der Waals surface area contributed by atoms with E-state index in [0.29, 0.717) is 19.7 Å². The van der Waals surface area contributed by atoms with Crippen LogP contribution in [0.25, 0.3) is 0 Å². The number of aliphatic hydroxyl groups excluding tert-OH is 1. The zero-order chi connectivity index (χ0) is 15.4. The standard InChI is InChI=1S/C18H19NO3/c20-16-17(15-9-5-2-6-10-15)22-12-11-19(18(16)21)13-14-7-3-1-4-8-14/h1-10,16-17,20H,11-13H2/t16-,17-/m1/s1. The van der Waals surface area contributed by atoms with Gasteiger partial charge in [0, 0.05) is 13.1 Å². The highest BCUT2D eigenvalue weighted by molar-refractivity contribution is 5.81. The Morgan fingerprint density at radius 3 is 2.36 bits per heavy atom. The summed E-state index contributed by atoms with van der Waals surface area (Å²) in [6.45, 7) is 1.38. The third kappa shape index (κ3) is 3.18. The lowest BCUT2D eigenvalue weighted by Gasteiger charge is -2.23. The third-order valence-corrected chi connectivity index (χ3v) is 3.85. The highest BCUT2D eigenvalue weighted by Gasteiger charge is 2.34. The van der Waals surface area contributed by atoms with Gasteiger partial charge in [-0.05, 0) is 11.1 Å². The molecule has 0 unspecified atom stereocenters. The quantitative estimate of drug-likeness (QED) is 0.944. The Balaban J connectivity index is 1.76. The summed E-state index contributed by atoms with van der Waals surface area (Å²) in [6, 6.07) is 19.2. The second-order valence-electron chi connectivity index (χ2n) is 5.39. The van der Waals surface area contributed by atoms with Crippen molar-refractivity contribution in [2.75, 3.05) is 13.2 Å². The number of rotatable bonds is 3. The number of benzene rings is 2. The Labute approximate surface area is 130 Å². The fourth-order valence-corrected chi connectivity index (χ4v) is 2.69. The fourth-order valence-electron chi connectivity index (χ4n) is 2.69. The number of amides is 1. The molecule has 1 aliphatic heterocycles. The van der Waals surface area contributed by atoms with E-state index in [1.807, 2.05) is 60.7 Å². The topological polar surface area (TPSA) is 49.8 Å². The van der Waals surface area contributed by atoms with Crippen molar-refractivity contribution in [3.8, 4) is 0 Å². The first-order valence-corrected chi connectivity index (χ1v) is 7.43. The number of hydrogen-bond acceptors (Lipinski definition) is 3. The molecule has 2 atom stereocenters. The number of aliphatic hydroxyl groups is 1. The number of nitrogens with zero attached hydrogens (tertiary/aromatic N) is 1. The summed E-state index contributed by atoms with van der Waals surface area (Å²) in [4.78, 5) is 14.2. The van der Waals surface area contributed by atoms with E-state index in [1.165, 1.54) is 0 Å². The molecule has 3 rings (SSSR count). The van der Waals surface area contributed by atoms with Crippen molar-refractivity contribution in [3.05, 3.63) is 71.8 Å². The molecule has 1 heterocycles. The van der Waals surface area contributed by atoms with Crippen molar-refractivity contribution in [1.29, 1.82) is 0 Å². The Kier molecular flexibility index (Phi) is 4.51. The lowest BCUT2D eigenvalue weighted by molar-refractivity contribution is -0.143. The summed E-state index contributed by atoms with van der Waals surface area (Å²) in [6.07, 6.45) is -1.77. The van der Waals surface area contributed by atoms with Crippen molar-refractivity contribution >= 4 is 5.91 Å². The number of carbonyl (C=O) groups is 1. The van der Waals surface area contributed by atoms with Crippen molar-refractivity contribution in [3.63, 3.8) is 0 Å². The van der Waals surface area contributed by atoms with Gasteiger partial charge in [0.2, 0.25) is 0 Å². The van der Waals surface area contributed by atoms with E-state index in [0.717, 1.165) is 11.1 Å². The normalized spacial score (nSPS) is 22.4. The van der Waals surface area contributed by atoms with Crippen molar-refractivity contribution in [1.82, 2.24) is 4.90 Å². The molecule has 0 saturated carbocycles. The summed E-state index contributed by atoms with van der Waals surface area (Å²) in [5, 5.41) is 10.4. The van der Waals surface area contributed by atoms with E-state index in [4.69, 9.17) is 4.74 Å². The van der Waals surface area contributed by atoms with Gasteiger partial charge in [0.05, 0.1) is 6.61 Å². The predicted octanol–water partition coefficient (Wildman–Crippen LogP) is 2.15. The summed E-state index contributed by atoms with van der Waals surface area (Å²) in [7, 11) is 0. The van der Waals surface area contributed by atoms with Gasteiger partial charge in [-0.25, -0.2) is 0 Å². The summed E-state index contributed by atoms with van der Waals surface area (Å²) in [5.74, 6) is -0.282. The lowest BCUT2D eigenvalue weighted by Crippen LogP contribution is -2.39. The van der Waals surface area contributed by atoms with Gasteiger partial charge in [-0.1, -0.05) is 60.7 Å². The highest BCUT2D eigenvalue weighted by atomic mass is 16.5. The molecule has 1 aliphatic rings. The molecule has 0 spiro atoms. The Morgan fingerprint density at radius 2 is 1.68 bits per heavy atom. The molecule has 1 saturated heterocycles. The van der Waals surface area contributed by atoms with Crippen LogP contribution in [0.2, 0.25) is 0 Å². The van der Waals surface area contributed by atoms with Gasteiger partial charge >= 0.3 is 0 Å². The molecule has 2 aromatic carbocycles. The van der Waals surface area contributed by atoms with Crippen LogP contribution in [0, 0.1) is 0 Å². The second-order valence-corrected chi connectivity index (χ2v) is 5.39. The zero-order valence-corrected chi connectivity index (χ0v) is 12.3. The summed E-state index contributed by atoms with van der Waals surface area (Å²) in [5.41, 5.74) is 1.87. The number of ether oxygens (including phenoxy) is 1. The molecule has 114 valence electrons. The van der Waals surface area contributed by atoms with Crippen molar-refractivity contribution < 1.29 is 14.6 Å². The van der Waals surface area contributed by atoms with E-state index in [9.17, 15) is 9.90 Å². The van der Waals surface area contributed by atoms with Crippen LogP contribution in [0.5, 0.6) is 0 Å². The molecule has 0 radical (unpaired) electrons. The fraction of sp³-hybridized carbons (Fsp3) is 0.278. The summed E-state index contributed by atoms with van der Waals surface area (Å²) < 4.78 is 5.73. The third-order valence-electron chi connectivity index (χ3n) is 3.85. The Morgan fingerprint density at radius 1 is 1.05 bits per heavy atom. The monoisotopic (exact) mass is 297 g/mol. The largest absolute Gasteiger partial charge is 0.380 e. The van der Waals surface area contributed by atoms with Crippen LogP contribution in [-0.2, 0) is 16.1 Å². The van der Waals surface area contributed by atoms with E-state index >= 15 is 0 Å². The molecule has 4 nitrogen and oxygen atoms in total. The van der Waals surface area contributed by atoms with E-state index < -0.39 is 12.2 Å². The van der Waals surface area contributed by atoms with Crippen LogP contribution in [-0.4, -0.2) is 35.2 Å². The smallest absolute Gasteiger partial charge is 0.254 e. The minimum Gasteiger partial charge on any atom is -0.380 e. The Bertz CT molecular complexity index is 611. The van der Waals surface area contributed by atoms with E-state index in [1.54, 1.807) is 4.90 Å². The van der Waals surface area contributed by atoms with Crippen LogP contribution in [0.15, 0.2) is 60.7 Å². The maximum Gasteiger partial charge on any atom is 0.254 e. The molecule has 0 bridgehead atoms. The van der Waals surface area contributed by atoms with Crippen LogP contribution < -0.4 is 0 Å². The molecule has 0 aliphatic carbocycles. The molecule has 22 heavy (non-hydrogen) atoms. The van der Waals surface area contributed by atoms with E-state index in [2.05, 4.69) is 0 Å². The zero-order valence-electron chi connectivity index (χ0n) is 12.3.